The first-order valence-electron chi connectivity index (χ1n) is 5.35. The van der Waals surface area contributed by atoms with Gasteiger partial charge in [0, 0.05) is 17.5 Å². The predicted octanol–water partition coefficient (Wildman–Crippen LogP) is 3.67. The third kappa shape index (κ3) is 2.70. The number of rotatable bonds is 4. The minimum Gasteiger partial charge on any atom is -0.305 e. The van der Waals surface area contributed by atoms with Gasteiger partial charge in [0.05, 0.1) is 10.7 Å². The van der Waals surface area contributed by atoms with Crippen LogP contribution in [0.5, 0.6) is 0 Å². The Hall–Kier alpha value is -0.710. The average molecular weight is 252 g/mol. The second-order valence-electron chi connectivity index (χ2n) is 3.92. The Balaban J connectivity index is 1.98. The highest BCUT2D eigenvalue weighted by Crippen LogP contribution is 2.24. The summed E-state index contributed by atoms with van der Waals surface area (Å²) in [7, 11) is 0. The molecular formula is C12H16N2S2. The lowest BCUT2D eigenvalue weighted by atomic mass is 10.2. The van der Waals surface area contributed by atoms with E-state index < -0.39 is 0 Å². The number of aryl methyl sites for hydroxylation is 2. The van der Waals surface area contributed by atoms with E-state index in [1.165, 1.54) is 10.4 Å². The first-order chi connectivity index (χ1) is 7.66. The molecule has 86 valence electrons. The monoisotopic (exact) mass is 252 g/mol. The van der Waals surface area contributed by atoms with Gasteiger partial charge in [-0.1, -0.05) is 0 Å². The second-order valence-corrected chi connectivity index (χ2v) is 5.93. The van der Waals surface area contributed by atoms with Gasteiger partial charge in [-0.2, -0.15) is 11.3 Å². The van der Waals surface area contributed by atoms with Crippen molar-refractivity contribution in [2.24, 2.45) is 0 Å². The molecule has 16 heavy (non-hydrogen) atoms. The zero-order chi connectivity index (χ0) is 11.5. The van der Waals surface area contributed by atoms with Gasteiger partial charge in [-0.05, 0) is 43.2 Å². The Morgan fingerprint density at radius 1 is 1.44 bits per heavy atom. The molecule has 2 heterocycles. The van der Waals surface area contributed by atoms with Crippen LogP contribution < -0.4 is 5.32 Å². The molecule has 0 spiro atoms. The summed E-state index contributed by atoms with van der Waals surface area (Å²) in [5.41, 5.74) is 2.52. The molecule has 0 radical (unpaired) electrons. The number of aromatic nitrogens is 1. The zero-order valence-corrected chi connectivity index (χ0v) is 11.4. The fraction of sp³-hybridized carbons (Fsp3) is 0.417. The Bertz CT molecular complexity index is 446. The summed E-state index contributed by atoms with van der Waals surface area (Å²) < 4.78 is 0. The first kappa shape index (κ1) is 11.8. The maximum Gasteiger partial charge on any atom is 0.0900 e. The fourth-order valence-corrected chi connectivity index (χ4v) is 3.33. The summed E-state index contributed by atoms with van der Waals surface area (Å²) in [6.45, 7) is 7.28. The number of thiazole rings is 1. The lowest BCUT2D eigenvalue weighted by Gasteiger charge is -2.11. The topological polar surface area (TPSA) is 24.9 Å². The lowest BCUT2D eigenvalue weighted by molar-refractivity contribution is 0.580. The Morgan fingerprint density at radius 2 is 2.25 bits per heavy atom. The molecular weight excluding hydrogens is 236 g/mol. The molecule has 0 bridgehead atoms. The summed E-state index contributed by atoms with van der Waals surface area (Å²) in [5.74, 6) is 0. The van der Waals surface area contributed by atoms with Crippen LogP contribution in [0.1, 0.15) is 34.1 Å². The van der Waals surface area contributed by atoms with Gasteiger partial charge < -0.3 is 5.32 Å². The van der Waals surface area contributed by atoms with E-state index in [2.05, 4.69) is 47.9 Å². The maximum absolute atomic E-state index is 4.46. The van der Waals surface area contributed by atoms with Crippen LogP contribution in [0.2, 0.25) is 0 Å². The van der Waals surface area contributed by atoms with Gasteiger partial charge in [-0.25, -0.2) is 4.98 Å². The van der Waals surface area contributed by atoms with Gasteiger partial charge in [0.25, 0.3) is 0 Å². The second kappa shape index (κ2) is 5.08. The molecule has 0 aliphatic rings. The van der Waals surface area contributed by atoms with E-state index >= 15 is 0 Å². The van der Waals surface area contributed by atoms with Crippen LogP contribution in [0.4, 0.5) is 0 Å². The third-order valence-electron chi connectivity index (χ3n) is 2.53. The van der Waals surface area contributed by atoms with Crippen molar-refractivity contribution < 1.29 is 0 Å². The van der Waals surface area contributed by atoms with Crippen LogP contribution in [-0.2, 0) is 6.54 Å². The molecule has 0 aliphatic carbocycles. The predicted molar refractivity (Wildman–Crippen MR) is 71.2 cm³/mol. The summed E-state index contributed by atoms with van der Waals surface area (Å²) in [6.07, 6.45) is 0. The molecule has 2 nitrogen and oxygen atoms in total. The Kier molecular flexibility index (Phi) is 3.74. The first-order valence-corrected chi connectivity index (χ1v) is 7.11. The van der Waals surface area contributed by atoms with Crippen LogP contribution in [0.25, 0.3) is 0 Å². The van der Waals surface area contributed by atoms with Crippen molar-refractivity contribution in [3.8, 4) is 0 Å². The molecule has 4 heteroatoms. The van der Waals surface area contributed by atoms with Gasteiger partial charge >= 0.3 is 0 Å². The third-order valence-corrected chi connectivity index (χ3v) is 4.51. The normalized spacial score (nSPS) is 12.9. The molecule has 1 N–H and O–H groups in total. The van der Waals surface area contributed by atoms with E-state index in [9.17, 15) is 0 Å². The van der Waals surface area contributed by atoms with Crippen LogP contribution in [0.15, 0.2) is 16.8 Å². The number of nitrogens with one attached hydrogen (secondary N) is 1. The fourth-order valence-electron chi connectivity index (χ4n) is 1.71. The van der Waals surface area contributed by atoms with Gasteiger partial charge in [-0.15, -0.1) is 11.3 Å². The number of nitrogens with zero attached hydrogens (tertiary/aromatic N) is 1. The van der Waals surface area contributed by atoms with E-state index in [0.717, 1.165) is 17.2 Å². The summed E-state index contributed by atoms with van der Waals surface area (Å²) in [6, 6.07) is 2.54. The standard InChI is InChI=1S/C12H16N2S2/c1-8(12-9(2)14-10(3)16-12)13-6-11-4-5-15-7-11/h4-5,7-8,13H,6H2,1-3H3. The minimum absolute atomic E-state index is 0.381. The Morgan fingerprint density at radius 3 is 2.81 bits per heavy atom. The van der Waals surface area contributed by atoms with Gasteiger partial charge in [0.2, 0.25) is 0 Å². The maximum atomic E-state index is 4.46. The molecule has 2 aromatic heterocycles. The summed E-state index contributed by atoms with van der Waals surface area (Å²) in [5, 5.41) is 8.98. The van der Waals surface area contributed by atoms with Crippen LogP contribution in [-0.4, -0.2) is 4.98 Å². The van der Waals surface area contributed by atoms with E-state index in [1.54, 1.807) is 22.7 Å². The SMILES string of the molecule is Cc1nc(C)c(C(C)NCc2ccsc2)s1. The zero-order valence-electron chi connectivity index (χ0n) is 9.78. The van der Waals surface area contributed by atoms with Crippen LogP contribution in [0.3, 0.4) is 0 Å². The highest BCUT2D eigenvalue weighted by molar-refractivity contribution is 7.11. The van der Waals surface area contributed by atoms with E-state index in [4.69, 9.17) is 0 Å². The average Bonchev–Trinajstić information content (AvgIpc) is 2.84. The number of hydrogen-bond acceptors (Lipinski definition) is 4. The molecule has 0 amide bonds. The molecule has 0 aliphatic heterocycles. The van der Waals surface area contributed by atoms with Crippen molar-refractivity contribution in [1.29, 1.82) is 0 Å². The van der Waals surface area contributed by atoms with E-state index in [1.807, 2.05) is 0 Å². The Labute approximate surface area is 104 Å². The number of hydrogen-bond donors (Lipinski definition) is 1. The van der Waals surface area contributed by atoms with E-state index in [-0.39, 0.29) is 0 Å². The molecule has 1 atom stereocenters. The molecule has 1 unspecified atom stereocenters. The van der Waals surface area contributed by atoms with Crippen molar-refractivity contribution in [3.05, 3.63) is 38.0 Å². The molecule has 0 saturated heterocycles. The van der Waals surface area contributed by atoms with E-state index in [0.29, 0.717) is 6.04 Å². The van der Waals surface area contributed by atoms with Crippen LogP contribution >= 0.6 is 22.7 Å². The summed E-state index contributed by atoms with van der Waals surface area (Å²) >= 11 is 3.53. The highest BCUT2D eigenvalue weighted by Gasteiger charge is 2.12. The van der Waals surface area contributed by atoms with Crippen molar-refractivity contribution in [1.82, 2.24) is 10.3 Å². The molecule has 2 rings (SSSR count). The molecule has 0 fully saturated rings. The molecule has 0 saturated carbocycles. The van der Waals surface area contributed by atoms with Crippen molar-refractivity contribution in [2.45, 2.75) is 33.4 Å². The molecule has 2 aromatic rings. The molecule has 0 aromatic carbocycles. The number of thiophene rings is 1. The van der Waals surface area contributed by atoms with Crippen molar-refractivity contribution >= 4 is 22.7 Å². The van der Waals surface area contributed by atoms with Crippen LogP contribution in [0, 0.1) is 13.8 Å². The minimum atomic E-state index is 0.381. The van der Waals surface area contributed by atoms with Gasteiger partial charge in [0.15, 0.2) is 0 Å². The van der Waals surface area contributed by atoms with Gasteiger partial charge in [0.1, 0.15) is 0 Å². The summed E-state index contributed by atoms with van der Waals surface area (Å²) in [4.78, 5) is 5.81. The lowest BCUT2D eigenvalue weighted by Crippen LogP contribution is -2.17. The quantitative estimate of drug-likeness (QED) is 0.898. The highest BCUT2D eigenvalue weighted by atomic mass is 32.1. The van der Waals surface area contributed by atoms with Crippen molar-refractivity contribution in [3.63, 3.8) is 0 Å². The van der Waals surface area contributed by atoms with Gasteiger partial charge in [-0.3, -0.25) is 0 Å². The van der Waals surface area contributed by atoms with Crippen molar-refractivity contribution in [2.75, 3.05) is 0 Å². The smallest absolute Gasteiger partial charge is 0.0900 e. The largest absolute Gasteiger partial charge is 0.305 e.